The van der Waals surface area contributed by atoms with Gasteiger partial charge >= 0.3 is 0 Å². The molecule has 1 aliphatic rings. The molecule has 17 heavy (non-hydrogen) atoms. The maximum atomic E-state index is 5.60. The minimum atomic E-state index is 0.435. The van der Waals surface area contributed by atoms with Crippen LogP contribution in [0.15, 0.2) is 22.7 Å². The molecule has 0 atom stereocenters. The van der Waals surface area contributed by atoms with Crippen LogP contribution in [-0.4, -0.2) is 11.5 Å². The summed E-state index contributed by atoms with van der Waals surface area (Å²) in [6, 6.07) is 5.96. The van der Waals surface area contributed by atoms with Gasteiger partial charge in [-0.25, -0.2) is 0 Å². The van der Waals surface area contributed by atoms with Gasteiger partial charge in [-0.3, -0.25) is 0 Å². The molecule has 2 rings (SSSR count). The molecule has 0 aliphatic heterocycles. The highest BCUT2D eigenvalue weighted by Crippen LogP contribution is 2.48. The molecule has 1 fully saturated rings. The molecule has 1 aliphatic carbocycles. The van der Waals surface area contributed by atoms with E-state index in [9.17, 15) is 0 Å². The molecule has 0 amide bonds. The van der Waals surface area contributed by atoms with Gasteiger partial charge in [0.15, 0.2) is 0 Å². The van der Waals surface area contributed by atoms with Crippen LogP contribution in [0.4, 0.5) is 5.69 Å². The topological polar surface area (TPSA) is 38.0 Å². The summed E-state index contributed by atoms with van der Waals surface area (Å²) < 4.78 is 1.02. The third-order valence-corrected chi connectivity index (χ3v) is 4.51. The minimum Gasteiger partial charge on any atom is -0.389 e. The highest BCUT2D eigenvalue weighted by Gasteiger charge is 2.40. The Morgan fingerprint density at radius 3 is 2.71 bits per heavy atom. The van der Waals surface area contributed by atoms with Crippen molar-refractivity contribution in [2.75, 3.05) is 11.9 Å². The highest BCUT2D eigenvalue weighted by molar-refractivity contribution is 9.10. The smallest absolute Gasteiger partial charge is 0.104 e. The summed E-state index contributed by atoms with van der Waals surface area (Å²) in [4.78, 5) is 0.435. The first-order valence-electron chi connectivity index (χ1n) is 5.89. The van der Waals surface area contributed by atoms with Crippen LogP contribution in [0, 0.1) is 5.41 Å². The average Bonchev–Trinajstić information content (AvgIpc) is 3.08. The van der Waals surface area contributed by atoms with Crippen molar-refractivity contribution in [1.29, 1.82) is 0 Å². The Morgan fingerprint density at radius 1 is 1.53 bits per heavy atom. The molecule has 1 saturated carbocycles. The van der Waals surface area contributed by atoms with Gasteiger partial charge in [-0.1, -0.05) is 19.1 Å². The van der Waals surface area contributed by atoms with E-state index < -0.39 is 0 Å². The predicted octanol–water partition coefficient (Wildman–Crippen LogP) is 3.69. The Labute approximate surface area is 116 Å². The third kappa shape index (κ3) is 2.99. The molecule has 0 unspecified atom stereocenters. The van der Waals surface area contributed by atoms with E-state index in [2.05, 4.69) is 28.2 Å². The van der Waals surface area contributed by atoms with E-state index in [4.69, 9.17) is 18.0 Å². The average molecular weight is 313 g/mol. The fourth-order valence-electron chi connectivity index (χ4n) is 1.93. The Balaban J connectivity index is 2.04. The second-order valence-corrected chi connectivity index (χ2v) is 6.06. The van der Waals surface area contributed by atoms with Crippen molar-refractivity contribution < 1.29 is 0 Å². The van der Waals surface area contributed by atoms with Crippen molar-refractivity contribution in [2.24, 2.45) is 11.1 Å². The first-order valence-corrected chi connectivity index (χ1v) is 7.10. The summed E-state index contributed by atoms with van der Waals surface area (Å²) in [5.74, 6) is 0. The molecule has 0 spiro atoms. The van der Waals surface area contributed by atoms with Gasteiger partial charge in [0.05, 0.1) is 0 Å². The lowest BCUT2D eigenvalue weighted by atomic mass is 10.0. The molecule has 4 heteroatoms. The largest absolute Gasteiger partial charge is 0.389 e. The van der Waals surface area contributed by atoms with Crippen molar-refractivity contribution in [2.45, 2.75) is 26.2 Å². The van der Waals surface area contributed by atoms with E-state index in [0.29, 0.717) is 10.4 Å². The number of halogens is 1. The van der Waals surface area contributed by atoms with E-state index in [-0.39, 0.29) is 0 Å². The summed E-state index contributed by atoms with van der Waals surface area (Å²) in [5.41, 5.74) is 8.15. The zero-order valence-corrected chi connectivity index (χ0v) is 12.3. The number of nitrogens with two attached hydrogens (primary N) is 1. The molecule has 0 bridgehead atoms. The van der Waals surface area contributed by atoms with Gasteiger partial charge in [0.1, 0.15) is 4.99 Å². The van der Waals surface area contributed by atoms with E-state index in [1.54, 1.807) is 0 Å². The Bertz CT molecular complexity index is 441. The van der Waals surface area contributed by atoms with E-state index in [1.165, 1.54) is 19.3 Å². The highest BCUT2D eigenvalue weighted by atomic mass is 79.9. The number of anilines is 1. The summed E-state index contributed by atoms with van der Waals surface area (Å²) in [5, 5.41) is 3.50. The molecular weight excluding hydrogens is 296 g/mol. The van der Waals surface area contributed by atoms with Crippen LogP contribution < -0.4 is 11.1 Å². The van der Waals surface area contributed by atoms with Crippen LogP contribution >= 0.6 is 28.1 Å². The van der Waals surface area contributed by atoms with Gasteiger partial charge in [0.25, 0.3) is 0 Å². The number of rotatable bonds is 5. The zero-order chi connectivity index (χ0) is 12.5. The maximum Gasteiger partial charge on any atom is 0.104 e. The Kier molecular flexibility index (Phi) is 3.73. The number of thiocarbonyl (C=S) groups is 1. The molecule has 0 saturated heterocycles. The quantitative estimate of drug-likeness (QED) is 0.814. The molecule has 0 radical (unpaired) electrons. The lowest BCUT2D eigenvalue weighted by Crippen LogP contribution is -2.15. The fourth-order valence-corrected chi connectivity index (χ4v) is 2.57. The molecule has 1 aromatic carbocycles. The number of hydrogen-bond acceptors (Lipinski definition) is 2. The van der Waals surface area contributed by atoms with Crippen LogP contribution in [0.3, 0.4) is 0 Å². The van der Waals surface area contributed by atoms with Crippen LogP contribution in [0.25, 0.3) is 0 Å². The summed E-state index contributed by atoms with van der Waals surface area (Å²) in [6.07, 6.45) is 3.95. The van der Waals surface area contributed by atoms with Gasteiger partial charge in [-0.15, -0.1) is 0 Å². The Hall–Kier alpha value is -0.610. The van der Waals surface area contributed by atoms with E-state index >= 15 is 0 Å². The molecule has 0 aromatic heterocycles. The molecule has 2 nitrogen and oxygen atoms in total. The second-order valence-electron chi connectivity index (χ2n) is 4.77. The van der Waals surface area contributed by atoms with Crippen molar-refractivity contribution in [1.82, 2.24) is 0 Å². The maximum absolute atomic E-state index is 5.60. The molecule has 92 valence electrons. The normalized spacial score (nSPS) is 16.6. The van der Waals surface area contributed by atoms with Crippen LogP contribution in [0.5, 0.6) is 0 Å². The first kappa shape index (κ1) is 12.8. The Morgan fingerprint density at radius 2 is 2.24 bits per heavy atom. The second kappa shape index (κ2) is 4.94. The van der Waals surface area contributed by atoms with Crippen molar-refractivity contribution in [3.8, 4) is 0 Å². The lowest BCUT2D eigenvalue weighted by Gasteiger charge is -2.16. The fraction of sp³-hybridized carbons (Fsp3) is 0.462. The lowest BCUT2D eigenvalue weighted by molar-refractivity contribution is 0.521. The minimum absolute atomic E-state index is 0.435. The molecule has 3 N–H and O–H groups in total. The number of benzene rings is 1. The zero-order valence-electron chi connectivity index (χ0n) is 9.92. The van der Waals surface area contributed by atoms with Gasteiger partial charge in [0, 0.05) is 22.3 Å². The van der Waals surface area contributed by atoms with Crippen LogP contribution in [-0.2, 0) is 0 Å². The third-order valence-electron chi connectivity index (χ3n) is 3.61. The molecular formula is C13H17BrN2S. The van der Waals surface area contributed by atoms with Crippen molar-refractivity contribution in [3.05, 3.63) is 28.2 Å². The standard InChI is InChI=1S/C13H17BrN2S/c1-2-13(5-6-13)8-16-11-4-3-9(12(15)17)7-10(11)14/h3-4,7,16H,2,5-6,8H2,1H3,(H2,15,17). The van der Waals surface area contributed by atoms with Gasteiger partial charge in [-0.05, 0) is 58.8 Å². The molecule has 1 aromatic rings. The number of nitrogens with one attached hydrogen (secondary N) is 1. The van der Waals surface area contributed by atoms with Crippen LogP contribution in [0.2, 0.25) is 0 Å². The number of hydrogen-bond donors (Lipinski definition) is 2. The van der Waals surface area contributed by atoms with Gasteiger partial charge in [-0.2, -0.15) is 0 Å². The van der Waals surface area contributed by atoms with Gasteiger partial charge < -0.3 is 11.1 Å². The monoisotopic (exact) mass is 312 g/mol. The van der Waals surface area contributed by atoms with E-state index in [0.717, 1.165) is 22.3 Å². The van der Waals surface area contributed by atoms with Crippen LogP contribution in [0.1, 0.15) is 31.7 Å². The van der Waals surface area contributed by atoms with E-state index in [1.807, 2.05) is 18.2 Å². The van der Waals surface area contributed by atoms with Gasteiger partial charge in [0.2, 0.25) is 0 Å². The summed E-state index contributed by atoms with van der Waals surface area (Å²) in [6.45, 7) is 3.31. The van der Waals surface area contributed by atoms with Crippen molar-refractivity contribution in [3.63, 3.8) is 0 Å². The summed E-state index contributed by atoms with van der Waals surface area (Å²) in [7, 11) is 0. The first-order chi connectivity index (χ1) is 8.06. The predicted molar refractivity (Wildman–Crippen MR) is 80.5 cm³/mol. The van der Waals surface area contributed by atoms with Crippen molar-refractivity contribution >= 4 is 38.8 Å². The summed E-state index contributed by atoms with van der Waals surface area (Å²) >= 11 is 8.50. The SMILES string of the molecule is CCC1(CNc2ccc(C(N)=S)cc2Br)CC1. The molecule has 0 heterocycles.